The van der Waals surface area contributed by atoms with E-state index in [1.807, 2.05) is 12.1 Å². The number of benzene rings is 2. The summed E-state index contributed by atoms with van der Waals surface area (Å²) in [4.78, 5) is 0. The topological polar surface area (TPSA) is 35.2 Å². The zero-order valence-corrected chi connectivity index (χ0v) is 11.9. The zero-order chi connectivity index (χ0) is 13.9. The molecule has 104 valence electrons. The summed E-state index contributed by atoms with van der Waals surface area (Å²) in [6, 6.07) is 14.9. The van der Waals surface area contributed by atoms with Gasteiger partial charge in [0.25, 0.3) is 0 Å². The minimum atomic E-state index is 0.635. The molecule has 0 aromatic heterocycles. The van der Waals surface area contributed by atoms with E-state index in [1.54, 1.807) is 7.11 Å². The van der Waals surface area contributed by atoms with Crippen LogP contribution >= 0.6 is 0 Å². The van der Waals surface area contributed by atoms with Crippen molar-refractivity contribution in [1.29, 1.82) is 0 Å². The van der Waals surface area contributed by atoms with E-state index in [0.29, 0.717) is 5.92 Å². The monoisotopic (exact) mass is 267 g/mol. The molecule has 2 N–H and O–H groups in total. The molecule has 0 aliphatic heterocycles. The number of nitrogens with two attached hydrogens (primary N) is 1. The molecule has 0 radical (unpaired) electrons. The van der Waals surface area contributed by atoms with E-state index in [9.17, 15) is 0 Å². The number of para-hydroxylation sites is 1. The number of ether oxygens (including phenoxy) is 1. The maximum absolute atomic E-state index is 5.84. The lowest BCUT2D eigenvalue weighted by Gasteiger charge is -2.26. The zero-order valence-electron chi connectivity index (χ0n) is 11.9. The van der Waals surface area contributed by atoms with Crippen LogP contribution in [0.4, 0.5) is 0 Å². The van der Waals surface area contributed by atoms with E-state index in [0.717, 1.165) is 25.1 Å². The van der Waals surface area contributed by atoms with Gasteiger partial charge in [-0.3, -0.25) is 0 Å². The van der Waals surface area contributed by atoms with Gasteiger partial charge in [-0.05, 0) is 54.5 Å². The molecule has 2 nitrogen and oxygen atoms in total. The van der Waals surface area contributed by atoms with Crippen LogP contribution in [0.1, 0.15) is 17.5 Å². The van der Waals surface area contributed by atoms with Gasteiger partial charge in [-0.2, -0.15) is 0 Å². The molecule has 1 aliphatic rings. The third-order valence-electron chi connectivity index (χ3n) is 4.31. The van der Waals surface area contributed by atoms with E-state index >= 15 is 0 Å². The van der Waals surface area contributed by atoms with Crippen LogP contribution in [-0.2, 0) is 12.8 Å². The molecule has 2 aromatic rings. The van der Waals surface area contributed by atoms with Gasteiger partial charge in [-0.25, -0.2) is 0 Å². The summed E-state index contributed by atoms with van der Waals surface area (Å²) in [7, 11) is 1.73. The van der Waals surface area contributed by atoms with Crippen LogP contribution in [0.2, 0.25) is 0 Å². The van der Waals surface area contributed by atoms with Gasteiger partial charge in [0.1, 0.15) is 5.75 Å². The third kappa shape index (κ3) is 2.32. The molecule has 1 atom stereocenters. The quantitative estimate of drug-likeness (QED) is 0.924. The molecule has 3 rings (SSSR count). The van der Waals surface area contributed by atoms with E-state index in [4.69, 9.17) is 10.5 Å². The van der Waals surface area contributed by atoms with Crippen LogP contribution in [0.25, 0.3) is 11.1 Å². The fraction of sp³-hybridized carbons (Fsp3) is 0.333. The number of methoxy groups -OCH3 is 1. The molecular formula is C18H21NO. The van der Waals surface area contributed by atoms with Crippen molar-refractivity contribution in [1.82, 2.24) is 0 Å². The van der Waals surface area contributed by atoms with Crippen LogP contribution in [-0.4, -0.2) is 13.7 Å². The predicted octanol–water partition coefficient (Wildman–Crippen LogP) is 3.43. The fourth-order valence-corrected chi connectivity index (χ4v) is 3.20. The summed E-state index contributed by atoms with van der Waals surface area (Å²) in [5.74, 6) is 1.58. The Hall–Kier alpha value is -1.80. The highest BCUT2D eigenvalue weighted by Crippen LogP contribution is 2.37. The number of rotatable bonds is 3. The highest BCUT2D eigenvalue weighted by molar-refractivity contribution is 5.74. The van der Waals surface area contributed by atoms with Crippen LogP contribution in [0.15, 0.2) is 42.5 Å². The third-order valence-corrected chi connectivity index (χ3v) is 4.31. The Morgan fingerprint density at radius 2 is 1.90 bits per heavy atom. The second kappa shape index (κ2) is 5.68. The van der Waals surface area contributed by atoms with Crippen molar-refractivity contribution < 1.29 is 4.74 Å². The molecule has 1 unspecified atom stereocenters. The highest BCUT2D eigenvalue weighted by Gasteiger charge is 2.21. The first kappa shape index (κ1) is 13.2. The average Bonchev–Trinajstić information content (AvgIpc) is 2.53. The van der Waals surface area contributed by atoms with Crippen LogP contribution in [0.3, 0.4) is 0 Å². The molecule has 0 amide bonds. The SMILES string of the molecule is COc1ccccc1-c1cccc2c1CCC(CN)C2. The Bertz CT molecular complexity index is 606. The van der Waals surface area contributed by atoms with Crippen molar-refractivity contribution in [3.63, 3.8) is 0 Å². The molecule has 2 heteroatoms. The first-order valence-corrected chi connectivity index (χ1v) is 7.27. The van der Waals surface area contributed by atoms with Crippen molar-refractivity contribution in [2.45, 2.75) is 19.3 Å². The number of hydrogen-bond donors (Lipinski definition) is 1. The molecule has 20 heavy (non-hydrogen) atoms. The van der Waals surface area contributed by atoms with E-state index in [2.05, 4.69) is 30.3 Å². The van der Waals surface area contributed by atoms with E-state index in [-0.39, 0.29) is 0 Å². The second-order valence-corrected chi connectivity index (χ2v) is 5.49. The predicted molar refractivity (Wildman–Crippen MR) is 83.0 cm³/mol. The van der Waals surface area contributed by atoms with Gasteiger partial charge in [0.15, 0.2) is 0 Å². The molecule has 1 aliphatic carbocycles. The van der Waals surface area contributed by atoms with Gasteiger partial charge in [-0.15, -0.1) is 0 Å². The summed E-state index contributed by atoms with van der Waals surface area (Å²) in [6.07, 6.45) is 3.41. The first-order valence-electron chi connectivity index (χ1n) is 7.27. The summed E-state index contributed by atoms with van der Waals surface area (Å²) in [5.41, 5.74) is 11.3. The van der Waals surface area contributed by atoms with Gasteiger partial charge < -0.3 is 10.5 Å². The number of fused-ring (bicyclic) bond motifs is 1. The summed E-state index contributed by atoms with van der Waals surface area (Å²) in [6.45, 7) is 0.790. The van der Waals surface area contributed by atoms with Crippen molar-refractivity contribution in [2.75, 3.05) is 13.7 Å². The Balaban J connectivity index is 2.07. The molecule has 0 fully saturated rings. The lowest BCUT2D eigenvalue weighted by atomic mass is 9.80. The second-order valence-electron chi connectivity index (χ2n) is 5.49. The summed E-state index contributed by atoms with van der Waals surface area (Å²) < 4.78 is 5.51. The normalized spacial score (nSPS) is 17.6. The van der Waals surface area contributed by atoms with E-state index < -0.39 is 0 Å². The smallest absolute Gasteiger partial charge is 0.126 e. The van der Waals surface area contributed by atoms with Crippen molar-refractivity contribution in [3.05, 3.63) is 53.6 Å². The van der Waals surface area contributed by atoms with Crippen molar-refractivity contribution in [3.8, 4) is 16.9 Å². The van der Waals surface area contributed by atoms with Gasteiger partial charge in [-0.1, -0.05) is 36.4 Å². The Morgan fingerprint density at radius 1 is 1.10 bits per heavy atom. The maximum Gasteiger partial charge on any atom is 0.126 e. The van der Waals surface area contributed by atoms with Gasteiger partial charge >= 0.3 is 0 Å². The Labute approximate surface area is 120 Å². The van der Waals surface area contributed by atoms with E-state index in [1.165, 1.54) is 28.7 Å². The highest BCUT2D eigenvalue weighted by atomic mass is 16.5. The molecule has 2 aromatic carbocycles. The molecular weight excluding hydrogens is 246 g/mol. The maximum atomic E-state index is 5.84. The minimum absolute atomic E-state index is 0.635. The van der Waals surface area contributed by atoms with Crippen LogP contribution < -0.4 is 10.5 Å². The lowest BCUT2D eigenvalue weighted by molar-refractivity contribution is 0.416. The molecule has 0 saturated heterocycles. The largest absolute Gasteiger partial charge is 0.496 e. The lowest BCUT2D eigenvalue weighted by Crippen LogP contribution is -2.22. The molecule has 0 saturated carbocycles. The fourth-order valence-electron chi connectivity index (χ4n) is 3.20. The van der Waals surface area contributed by atoms with Gasteiger partial charge in [0, 0.05) is 5.56 Å². The average molecular weight is 267 g/mol. The summed E-state index contributed by atoms with van der Waals surface area (Å²) in [5, 5.41) is 0. The van der Waals surface area contributed by atoms with Crippen LogP contribution in [0.5, 0.6) is 5.75 Å². The van der Waals surface area contributed by atoms with Gasteiger partial charge in [0.2, 0.25) is 0 Å². The van der Waals surface area contributed by atoms with Crippen LogP contribution in [0, 0.1) is 5.92 Å². The van der Waals surface area contributed by atoms with Gasteiger partial charge in [0.05, 0.1) is 7.11 Å². The van der Waals surface area contributed by atoms with Crippen molar-refractivity contribution >= 4 is 0 Å². The Kier molecular flexibility index (Phi) is 3.75. The molecule has 0 spiro atoms. The molecule has 0 bridgehead atoms. The standard InChI is InChI=1S/C18H21NO/c1-20-18-8-3-2-6-17(18)16-7-4-5-14-11-13(12-19)9-10-15(14)16/h2-8,13H,9-12,19H2,1H3. The number of hydrogen-bond acceptors (Lipinski definition) is 2. The minimum Gasteiger partial charge on any atom is -0.496 e. The van der Waals surface area contributed by atoms with Crippen molar-refractivity contribution in [2.24, 2.45) is 11.7 Å². The molecule has 0 heterocycles. The Morgan fingerprint density at radius 3 is 2.70 bits per heavy atom. The summed E-state index contributed by atoms with van der Waals surface area (Å²) >= 11 is 0. The first-order chi connectivity index (χ1) is 9.83.